The molecule has 0 spiro atoms. The summed E-state index contributed by atoms with van der Waals surface area (Å²) in [6.07, 6.45) is 0.468. The van der Waals surface area contributed by atoms with Crippen LogP contribution in [0.15, 0.2) is 18.2 Å². The largest absolute Gasteiger partial charge is 0.507 e. The molecule has 0 radical (unpaired) electrons. The number of carbonyl (C=O) groups is 5. The summed E-state index contributed by atoms with van der Waals surface area (Å²) < 4.78 is 4.56. The van der Waals surface area contributed by atoms with Crippen LogP contribution in [-0.4, -0.2) is 60.6 Å². The number of amides is 5. The summed E-state index contributed by atoms with van der Waals surface area (Å²) in [6, 6.07) is 1.26. The fraction of sp³-hybridized carbons (Fsp3) is 0.476. The quantitative estimate of drug-likeness (QED) is 0.199. The highest BCUT2D eigenvalue weighted by molar-refractivity contribution is 5.99. The molecule has 182 valence electrons. The number of primary amides is 1. The smallest absolute Gasteiger partial charge is 0.341 e. The van der Waals surface area contributed by atoms with Crippen LogP contribution in [0, 0.1) is 5.92 Å². The number of methoxy groups -OCH3 is 1. The van der Waals surface area contributed by atoms with Crippen LogP contribution in [0.1, 0.15) is 44.0 Å². The molecule has 2 atom stereocenters. The van der Waals surface area contributed by atoms with Crippen molar-refractivity contribution in [2.24, 2.45) is 11.7 Å². The van der Waals surface area contributed by atoms with E-state index in [-0.39, 0.29) is 30.1 Å². The number of carbonyl (C=O) groups excluding carboxylic acids is 5. The van der Waals surface area contributed by atoms with E-state index in [1.165, 1.54) is 32.2 Å². The number of hydrogen-bond acceptors (Lipinski definition) is 7. The van der Waals surface area contributed by atoms with Crippen molar-refractivity contribution in [3.63, 3.8) is 0 Å². The molecule has 7 N–H and O–H groups in total. The van der Waals surface area contributed by atoms with Crippen molar-refractivity contribution < 1.29 is 33.8 Å². The Morgan fingerprint density at radius 1 is 1.09 bits per heavy atom. The standard InChI is InChI=1S/C21H31N5O7/c1-11(2)17(24-12(3)27)19(30)26-15(6-5-9-23-21(22)32)18(29)25-13-7-8-14(16(28)10-13)20(31)33-4/h7-8,10-11,15,17,28H,5-6,9H2,1-4H3,(H,24,27)(H,25,29)(H,26,30)(H3,22,23,32)/t15-,17-/m0/s1. The molecule has 1 aromatic carbocycles. The highest BCUT2D eigenvalue weighted by Gasteiger charge is 2.28. The molecule has 1 rings (SSSR count). The van der Waals surface area contributed by atoms with Gasteiger partial charge >= 0.3 is 12.0 Å². The van der Waals surface area contributed by atoms with Crippen LogP contribution in [0.4, 0.5) is 10.5 Å². The second-order valence-electron chi connectivity index (χ2n) is 7.63. The molecule has 0 heterocycles. The van der Waals surface area contributed by atoms with Crippen LogP contribution >= 0.6 is 0 Å². The van der Waals surface area contributed by atoms with Gasteiger partial charge in [-0.15, -0.1) is 0 Å². The SMILES string of the molecule is COC(=O)c1ccc(NC(=O)[C@H](CCCNC(N)=O)NC(=O)[C@@H](NC(C)=O)C(C)C)cc1O. The number of phenolic OH excluding ortho intramolecular Hbond substituents is 1. The van der Waals surface area contributed by atoms with Crippen LogP contribution in [-0.2, 0) is 19.1 Å². The van der Waals surface area contributed by atoms with E-state index in [0.29, 0.717) is 6.42 Å². The molecule has 0 aliphatic heterocycles. The van der Waals surface area contributed by atoms with Crippen molar-refractivity contribution in [2.45, 2.75) is 45.7 Å². The molecule has 0 bridgehead atoms. The number of ether oxygens (including phenoxy) is 1. The van der Waals surface area contributed by atoms with Crippen molar-refractivity contribution in [1.29, 1.82) is 0 Å². The summed E-state index contributed by atoms with van der Waals surface area (Å²) in [6.45, 7) is 4.96. The normalized spacial score (nSPS) is 12.3. The van der Waals surface area contributed by atoms with E-state index in [0.717, 1.165) is 0 Å². The summed E-state index contributed by atoms with van der Waals surface area (Å²) in [5.74, 6) is -2.91. The van der Waals surface area contributed by atoms with E-state index >= 15 is 0 Å². The summed E-state index contributed by atoms with van der Waals surface area (Å²) in [4.78, 5) is 59.5. The number of phenols is 1. The minimum absolute atomic E-state index is 0.0760. The highest BCUT2D eigenvalue weighted by atomic mass is 16.5. The summed E-state index contributed by atoms with van der Waals surface area (Å²) in [5, 5.41) is 20.2. The first-order chi connectivity index (χ1) is 15.5. The fourth-order valence-electron chi connectivity index (χ4n) is 2.92. The highest BCUT2D eigenvalue weighted by Crippen LogP contribution is 2.23. The van der Waals surface area contributed by atoms with Crippen molar-refractivity contribution >= 4 is 35.4 Å². The van der Waals surface area contributed by atoms with Crippen molar-refractivity contribution in [1.82, 2.24) is 16.0 Å². The number of benzene rings is 1. The molecule has 1 aromatic rings. The fourth-order valence-corrected chi connectivity index (χ4v) is 2.92. The van der Waals surface area contributed by atoms with E-state index in [2.05, 4.69) is 26.0 Å². The van der Waals surface area contributed by atoms with Gasteiger partial charge in [-0.05, 0) is 30.9 Å². The van der Waals surface area contributed by atoms with Gasteiger partial charge in [-0.2, -0.15) is 0 Å². The molecule has 0 unspecified atom stereocenters. The second kappa shape index (κ2) is 12.9. The molecule has 0 aliphatic rings. The molecule has 0 aromatic heterocycles. The van der Waals surface area contributed by atoms with Crippen molar-refractivity contribution in [3.05, 3.63) is 23.8 Å². The number of hydrogen-bond donors (Lipinski definition) is 6. The zero-order chi connectivity index (χ0) is 25.1. The molecule has 0 saturated carbocycles. The van der Waals surface area contributed by atoms with Crippen LogP contribution in [0.2, 0.25) is 0 Å². The first-order valence-electron chi connectivity index (χ1n) is 10.3. The maximum absolute atomic E-state index is 12.9. The summed E-state index contributed by atoms with van der Waals surface area (Å²) in [7, 11) is 1.17. The maximum atomic E-state index is 12.9. The van der Waals surface area contributed by atoms with Gasteiger partial charge in [0.05, 0.1) is 7.11 Å². The van der Waals surface area contributed by atoms with E-state index < -0.39 is 47.6 Å². The molecule has 0 saturated heterocycles. The Morgan fingerprint density at radius 2 is 1.76 bits per heavy atom. The Labute approximate surface area is 191 Å². The molecule has 0 aliphatic carbocycles. The number of nitrogens with one attached hydrogen (secondary N) is 4. The molecule has 33 heavy (non-hydrogen) atoms. The average Bonchev–Trinajstić information content (AvgIpc) is 2.72. The third-order valence-corrected chi connectivity index (χ3v) is 4.58. The lowest BCUT2D eigenvalue weighted by molar-refractivity contribution is -0.131. The van der Waals surface area contributed by atoms with Gasteiger partial charge in [0.25, 0.3) is 0 Å². The van der Waals surface area contributed by atoms with Crippen LogP contribution in [0.5, 0.6) is 5.75 Å². The molecule has 0 fully saturated rings. The number of esters is 1. The Morgan fingerprint density at radius 3 is 2.27 bits per heavy atom. The van der Waals surface area contributed by atoms with Gasteiger partial charge in [-0.25, -0.2) is 9.59 Å². The Hall–Kier alpha value is -3.83. The number of rotatable bonds is 11. The van der Waals surface area contributed by atoms with E-state index in [1.807, 2.05) is 0 Å². The molecular formula is C21H31N5O7. The van der Waals surface area contributed by atoms with Gasteiger partial charge in [0.2, 0.25) is 17.7 Å². The van der Waals surface area contributed by atoms with Crippen LogP contribution < -0.4 is 27.0 Å². The predicted molar refractivity (Wildman–Crippen MR) is 119 cm³/mol. The zero-order valence-electron chi connectivity index (χ0n) is 19.1. The average molecular weight is 466 g/mol. The maximum Gasteiger partial charge on any atom is 0.341 e. The lowest BCUT2D eigenvalue weighted by atomic mass is 10.0. The molecule has 5 amide bonds. The van der Waals surface area contributed by atoms with Gasteiger partial charge in [0.1, 0.15) is 23.4 Å². The van der Waals surface area contributed by atoms with E-state index in [9.17, 15) is 29.1 Å². The van der Waals surface area contributed by atoms with Gasteiger partial charge in [-0.3, -0.25) is 14.4 Å². The summed E-state index contributed by atoms with van der Waals surface area (Å²) in [5.41, 5.74) is 5.14. The van der Waals surface area contributed by atoms with Crippen LogP contribution in [0.3, 0.4) is 0 Å². The van der Waals surface area contributed by atoms with Gasteiger partial charge in [-0.1, -0.05) is 13.8 Å². The van der Waals surface area contributed by atoms with E-state index in [1.54, 1.807) is 13.8 Å². The Kier molecular flexibility index (Phi) is 10.6. The Balaban J connectivity index is 2.99. The molecular weight excluding hydrogens is 434 g/mol. The predicted octanol–water partition coefficient (Wildman–Crippen LogP) is 0.211. The zero-order valence-corrected chi connectivity index (χ0v) is 19.1. The Bertz CT molecular complexity index is 888. The van der Waals surface area contributed by atoms with Gasteiger partial charge in [0, 0.05) is 25.2 Å². The number of nitrogens with two attached hydrogens (primary N) is 1. The number of aromatic hydroxyl groups is 1. The number of urea groups is 1. The minimum atomic E-state index is -1.02. The van der Waals surface area contributed by atoms with Crippen molar-refractivity contribution in [3.8, 4) is 5.75 Å². The monoisotopic (exact) mass is 465 g/mol. The van der Waals surface area contributed by atoms with Gasteiger partial charge < -0.3 is 36.8 Å². The second-order valence-corrected chi connectivity index (χ2v) is 7.63. The van der Waals surface area contributed by atoms with Crippen LogP contribution in [0.25, 0.3) is 0 Å². The first-order valence-corrected chi connectivity index (χ1v) is 10.3. The molecule has 12 heteroatoms. The number of anilines is 1. The molecule has 12 nitrogen and oxygen atoms in total. The first kappa shape index (κ1) is 27.2. The van der Waals surface area contributed by atoms with E-state index in [4.69, 9.17) is 5.73 Å². The van der Waals surface area contributed by atoms with Gasteiger partial charge in [0.15, 0.2) is 0 Å². The minimum Gasteiger partial charge on any atom is -0.507 e. The summed E-state index contributed by atoms with van der Waals surface area (Å²) >= 11 is 0. The lowest BCUT2D eigenvalue weighted by Crippen LogP contribution is -2.54. The third kappa shape index (κ3) is 9.05. The lowest BCUT2D eigenvalue weighted by Gasteiger charge is -2.25. The topological polar surface area (TPSA) is 189 Å². The van der Waals surface area contributed by atoms with Crippen molar-refractivity contribution in [2.75, 3.05) is 19.0 Å². The third-order valence-electron chi connectivity index (χ3n) is 4.58.